The lowest BCUT2D eigenvalue weighted by molar-refractivity contribution is -0.148. The van der Waals surface area contributed by atoms with Crippen molar-refractivity contribution in [3.8, 4) is 0 Å². The summed E-state index contributed by atoms with van der Waals surface area (Å²) in [5.74, 6) is 0.0743. The van der Waals surface area contributed by atoms with Gasteiger partial charge in [-0.2, -0.15) is 0 Å². The van der Waals surface area contributed by atoms with Gasteiger partial charge >= 0.3 is 0 Å². The van der Waals surface area contributed by atoms with Crippen LogP contribution >= 0.6 is 0 Å². The highest BCUT2D eigenvalue weighted by atomic mass is 16.5. The molecule has 0 radical (unpaired) electrons. The normalized spacial score (nSPS) is 27.0. The van der Waals surface area contributed by atoms with Gasteiger partial charge in [-0.05, 0) is 51.3 Å². The summed E-state index contributed by atoms with van der Waals surface area (Å²) in [6.07, 6.45) is 3.49. The number of methoxy groups -OCH3 is 1. The molecule has 2 fully saturated rings. The average Bonchev–Trinajstić information content (AvgIpc) is 2.65. The first kappa shape index (κ1) is 18.4. The Bertz CT molecular complexity index is 557. The van der Waals surface area contributed by atoms with Crippen LogP contribution in [0.25, 0.3) is 0 Å². The van der Waals surface area contributed by atoms with Crippen molar-refractivity contribution in [3.63, 3.8) is 0 Å². The third-order valence-electron chi connectivity index (χ3n) is 5.79. The van der Waals surface area contributed by atoms with Crippen LogP contribution in [0, 0.1) is 0 Å². The summed E-state index contributed by atoms with van der Waals surface area (Å²) in [4.78, 5) is 15.3. The number of hydrogen-bond acceptors (Lipinski definition) is 4. The van der Waals surface area contributed by atoms with Crippen LogP contribution in [0.3, 0.4) is 0 Å². The number of nitrogens with one attached hydrogen (secondary N) is 2. The molecule has 5 heteroatoms. The van der Waals surface area contributed by atoms with Gasteiger partial charge in [0.25, 0.3) is 5.91 Å². The molecule has 0 spiro atoms. The fourth-order valence-electron chi connectivity index (χ4n) is 4.08. The maximum atomic E-state index is 12.8. The first-order valence-corrected chi connectivity index (χ1v) is 9.48. The fourth-order valence-corrected chi connectivity index (χ4v) is 4.08. The molecule has 0 aromatic heterocycles. The molecule has 0 saturated carbocycles. The molecule has 2 aliphatic rings. The van der Waals surface area contributed by atoms with Gasteiger partial charge in [-0.1, -0.05) is 30.3 Å². The van der Waals surface area contributed by atoms with Crippen molar-refractivity contribution in [2.45, 2.75) is 56.8 Å². The van der Waals surface area contributed by atoms with Crippen molar-refractivity contribution < 1.29 is 9.53 Å². The monoisotopic (exact) mass is 345 g/mol. The number of piperidine rings is 2. The number of hydrogen-bond donors (Lipinski definition) is 2. The highest BCUT2D eigenvalue weighted by Gasteiger charge is 2.41. The van der Waals surface area contributed by atoms with Crippen LogP contribution in [0.15, 0.2) is 30.3 Å². The van der Waals surface area contributed by atoms with E-state index in [4.69, 9.17) is 4.74 Å². The molecule has 5 nitrogen and oxygen atoms in total. The second-order valence-corrected chi connectivity index (χ2v) is 7.45. The molecule has 1 aromatic carbocycles. The summed E-state index contributed by atoms with van der Waals surface area (Å²) in [6.45, 7) is 5.94. The van der Waals surface area contributed by atoms with Crippen LogP contribution in [-0.2, 0) is 16.1 Å². The van der Waals surface area contributed by atoms with Gasteiger partial charge in [0.1, 0.15) is 5.60 Å². The van der Waals surface area contributed by atoms with E-state index in [1.165, 1.54) is 5.56 Å². The largest absolute Gasteiger partial charge is 0.368 e. The summed E-state index contributed by atoms with van der Waals surface area (Å²) in [6, 6.07) is 11.3. The summed E-state index contributed by atoms with van der Waals surface area (Å²) >= 11 is 0. The molecular formula is C20H31N3O2. The predicted octanol–water partition coefficient (Wildman–Crippen LogP) is 1.92. The Morgan fingerprint density at radius 3 is 2.68 bits per heavy atom. The lowest BCUT2D eigenvalue weighted by Crippen LogP contribution is -2.58. The van der Waals surface area contributed by atoms with E-state index in [1.807, 2.05) is 0 Å². The van der Waals surface area contributed by atoms with Crippen molar-refractivity contribution in [2.75, 3.05) is 26.7 Å². The van der Waals surface area contributed by atoms with E-state index in [9.17, 15) is 4.79 Å². The number of rotatable bonds is 5. The minimum Gasteiger partial charge on any atom is -0.368 e. The van der Waals surface area contributed by atoms with Crippen molar-refractivity contribution in [2.24, 2.45) is 0 Å². The van der Waals surface area contributed by atoms with Crippen LogP contribution in [0.4, 0.5) is 0 Å². The van der Waals surface area contributed by atoms with Crippen molar-refractivity contribution >= 4 is 5.91 Å². The Kier molecular flexibility index (Phi) is 6.10. The van der Waals surface area contributed by atoms with E-state index in [-0.39, 0.29) is 11.9 Å². The quantitative estimate of drug-likeness (QED) is 0.856. The maximum Gasteiger partial charge on any atom is 0.252 e. The van der Waals surface area contributed by atoms with Gasteiger partial charge in [0.05, 0.1) is 0 Å². The number of ether oxygens (including phenoxy) is 1. The molecule has 138 valence electrons. The predicted molar refractivity (Wildman–Crippen MR) is 99.3 cm³/mol. The van der Waals surface area contributed by atoms with E-state index in [0.29, 0.717) is 6.04 Å². The van der Waals surface area contributed by atoms with Crippen molar-refractivity contribution in [1.29, 1.82) is 0 Å². The van der Waals surface area contributed by atoms with Crippen LogP contribution in [0.2, 0.25) is 0 Å². The number of carbonyl (C=O) groups excluding carboxylic acids is 1. The van der Waals surface area contributed by atoms with Gasteiger partial charge in [0.2, 0.25) is 0 Å². The highest BCUT2D eigenvalue weighted by Crippen LogP contribution is 2.25. The minimum atomic E-state index is -0.643. The SMILES string of the molecule is COC1(C(=O)NC2CCN(Cc3ccccc3)C(C)C2)CCNCC1. The maximum absolute atomic E-state index is 12.8. The Hall–Kier alpha value is -1.43. The lowest BCUT2D eigenvalue weighted by atomic mass is 9.89. The zero-order valence-electron chi connectivity index (χ0n) is 15.5. The van der Waals surface area contributed by atoms with Gasteiger partial charge in [0, 0.05) is 32.3 Å². The molecular weight excluding hydrogens is 314 g/mol. The van der Waals surface area contributed by atoms with Gasteiger partial charge in [-0.15, -0.1) is 0 Å². The summed E-state index contributed by atoms with van der Waals surface area (Å²) in [5, 5.41) is 6.58. The van der Waals surface area contributed by atoms with Gasteiger partial charge in [-0.3, -0.25) is 9.69 Å². The topological polar surface area (TPSA) is 53.6 Å². The molecule has 1 amide bonds. The average molecular weight is 345 g/mol. The summed E-state index contributed by atoms with van der Waals surface area (Å²) in [5.41, 5.74) is 0.709. The van der Waals surface area contributed by atoms with Gasteiger partial charge in [-0.25, -0.2) is 0 Å². The standard InChI is InChI=1S/C20H31N3O2/c1-16-14-18(8-13-23(16)15-17-6-4-3-5-7-17)22-19(24)20(25-2)9-11-21-12-10-20/h3-7,16,18,21H,8-15H2,1-2H3,(H,22,24). The van der Waals surface area contributed by atoms with E-state index in [0.717, 1.165) is 51.9 Å². The first-order valence-electron chi connectivity index (χ1n) is 9.48. The third-order valence-corrected chi connectivity index (χ3v) is 5.79. The van der Waals surface area contributed by atoms with Gasteiger partial charge in [0.15, 0.2) is 0 Å². The molecule has 25 heavy (non-hydrogen) atoms. The number of likely N-dealkylation sites (tertiary alicyclic amines) is 1. The first-order chi connectivity index (χ1) is 12.1. The van der Waals surface area contributed by atoms with Crippen LogP contribution in [0.5, 0.6) is 0 Å². The molecule has 2 atom stereocenters. The Morgan fingerprint density at radius 2 is 2.04 bits per heavy atom. The van der Waals surface area contributed by atoms with Crippen molar-refractivity contribution in [1.82, 2.24) is 15.5 Å². The molecule has 2 unspecified atom stereocenters. The Morgan fingerprint density at radius 1 is 1.32 bits per heavy atom. The second kappa shape index (κ2) is 8.30. The Balaban J connectivity index is 1.53. The van der Waals surface area contributed by atoms with E-state index in [1.54, 1.807) is 7.11 Å². The smallest absolute Gasteiger partial charge is 0.252 e. The van der Waals surface area contributed by atoms with E-state index < -0.39 is 5.60 Å². The zero-order chi connectivity index (χ0) is 17.7. The molecule has 3 rings (SSSR count). The van der Waals surface area contributed by atoms with E-state index >= 15 is 0 Å². The fraction of sp³-hybridized carbons (Fsp3) is 0.650. The zero-order valence-corrected chi connectivity index (χ0v) is 15.5. The van der Waals surface area contributed by atoms with E-state index in [2.05, 4.69) is 52.8 Å². The second-order valence-electron chi connectivity index (χ2n) is 7.45. The Labute approximate surface area is 151 Å². The third kappa shape index (κ3) is 4.40. The highest BCUT2D eigenvalue weighted by molar-refractivity contribution is 5.85. The van der Waals surface area contributed by atoms with Crippen LogP contribution < -0.4 is 10.6 Å². The van der Waals surface area contributed by atoms with Crippen molar-refractivity contribution in [3.05, 3.63) is 35.9 Å². The number of nitrogens with zero attached hydrogens (tertiary/aromatic N) is 1. The molecule has 2 N–H and O–H groups in total. The molecule has 0 bridgehead atoms. The van der Waals surface area contributed by atoms with Crippen LogP contribution in [0.1, 0.15) is 38.2 Å². The van der Waals surface area contributed by atoms with Crippen LogP contribution in [-0.4, -0.2) is 55.2 Å². The molecule has 1 aromatic rings. The molecule has 2 aliphatic heterocycles. The summed E-state index contributed by atoms with van der Waals surface area (Å²) in [7, 11) is 1.66. The molecule has 2 heterocycles. The molecule has 2 saturated heterocycles. The number of amides is 1. The number of benzene rings is 1. The molecule has 0 aliphatic carbocycles. The summed E-state index contributed by atoms with van der Waals surface area (Å²) < 4.78 is 5.65. The minimum absolute atomic E-state index is 0.0743. The van der Waals surface area contributed by atoms with Gasteiger partial charge < -0.3 is 15.4 Å². The lowest BCUT2D eigenvalue weighted by Gasteiger charge is -2.40. The number of carbonyl (C=O) groups is 1.